The van der Waals surface area contributed by atoms with Crippen molar-refractivity contribution in [2.75, 3.05) is 0 Å². The molecule has 1 aromatic carbocycles. The lowest BCUT2D eigenvalue weighted by molar-refractivity contribution is -0.134. The van der Waals surface area contributed by atoms with Crippen molar-refractivity contribution < 1.29 is 9.53 Å². The Morgan fingerprint density at radius 3 is 1.91 bits per heavy atom. The zero-order valence-corrected chi connectivity index (χ0v) is 21.7. The molecule has 2 nitrogen and oxygen atoms in total. The van der Waals surface area contributed by atoms with Gasteiger partial charge in [0.2, 0.25) is 0 Å². The molecule has 0 aromatic heterocycles. The highest BCUT2D eigenvalue weighted by Gasteiger charge is 2.31. The number of ether oxygens (including phenoxy) is 1. The summed E-state index contributed by atoms with van der Waals surface area (Å²) in [6.45, 7) is 4.58. The minimum Gasteiger partial charge on any atom is -0.427 e. The molecular formula is C31H50O2. The van der Waals surface area contributed by atoms with Gasteiger partial charge in [-0.25, -0.2) is 0 Å². The van der Waals surface area contributed by atoms with Crippen LogP contribution in [0.15, 0.2) is 24.3 Å². The van der Waals surface area contributed by atoms with Gasteiger partial charge in [-0.3, -0.25) is 4.79 Å². The zero-order valence-electron chi connectivity index (χ0n) is 21.7. The fourth-order valence-corrected chi connectivity index (χ4v) is 6.50. The SMILES string of the molecule is CCCCCCCCCC(=O)Oc1ccc(C2CCC(C3CCC(CCC)CC3)CC2)cc1. The number of unbranched alkanes of at least 4 members (excludes halogenated alkanes) is 6. The molecule has 0 radical (unpaired) electrons. The summed E-state index contributed by atoms with van der Waals surface area (Å²) in [4.78, 5) is 12.2. The van der Waals surface area contributed by atoms with Gasteiger partial charge in [-0.2, -0.15) is 0 Å². The van der Waals surface area contributed by atoms with E-state index in [0.29, 0.717) is 18.1 Å². The summed E-state index contributed by atoms with van der Waals surface area (Å²) in [5.41, 5.74) is 1.44. The topological polar surface area (TPSA) is 26.3 Å². The van der Waals surface area contributed by atoms with Gasteiger partial charge in [0, 0.05) is 6.42 Å². The summed E-state index contributed by atoms with van der Waals surface area (Å²) in [5, 5.41) is 0. The van der Waals surface area contributed by atoms with Crippen LogP contribution in [-0.2, 0) is 4.79 Å². The van der Waals surface area contributed by atoms with Crippen LogP contribution >= 0.6 is 0 Å². The molecule has 3 rings (SSSR count). The predicted molar refractivity (Wildman–Crippen MR) is 140 cm³/mol. The zero-order chi connectivity index (χ0) is 23.3. The van der Waals surface area contributed by atoms with Gasteiger partial charge in [0.25, 0.3) is 0 Å². The molecular weight excluding hydrogens is 404 g/mol. The maximum atomic E-state index is 12.2. The maximum Gasteiger partial charge on any atom is 0.311 e. The lowest BCUT2D eigenvalue weighted by Crippen LogP contribution is -2.25. The highest BCUT2D eigenvalue weighted by atomic mass is 16.5. The van der Waals surface area contributed by atoms with Crippen LogP contribution in [0.2, 0.25) is 0 Å². The van der Waals surface area contributed by atoms with Gasteiger partial charge in [-0.05, 0) is 86.3 Å². The molecule has 0 spiro atoms. The normalized spacial score (nSPS) is 25.6. The summed E-state index contributed by atoms with van der Waals surface area (Å²) in [6.07, 6.45) is 23.3. The fraction of sp³-hybridized carbons (Fsp3) is 0.774. The quantitative estimate of drug-likeness (QED) is 0.168. The van der Waals surface area contributed by atoms with E-state index in [1.807, 2.05) is 12.1 Å². The Morgan fingerprint density at radius 2 is 1.30 bits per heavy atom. The fourth-order valence-electron chi connectivity index (χ4n) is 6.50. The van der Waals surface area contributed by atoms with E-state index in [9.17, 15) is 4.79 Å². The van der Waals surface area contributed by atoms with Crippen molar-refractivity contribution in [1.29, 1.82) is 0 Å². The Hall–Kier alpha value is -1.31. The van der Waals surface area contributed by atoms with Gasteiger partial charge in [0.15, 0.2) is 0 Å². The first-order valence-corrected chi connectivity index (χ1v) is 14.5. The lowest BCUT2D eigenvalue weighted by atomic mass is 9.68. The van der Waals surface area contributed by atoms with Gasteiger partial charge in [-0.1, -0.05) is 90.2 Å². The van der Waals surface area contributed by atoms with Crippen LogP contribution in [0.1, 0.15) is 141 Å². The Morgan fingerprint density at radius 1 is 0.727 bits per heavy atom. The number of hydrogen-bond donors (Lipinski definition) is 0. The third-order valence-corrected chi connectivity index (χ3v) is 8.59. The Kier molecular flexibility index (Phi) is 11.8. The molecule has 0 N–H and O–H groups in total. The van der Waals surface area contributed by atoms with Crippen LogP contribution in [-0.4, -0.2) is 5.97 Å². The Labute approximate surface area is 204 Å². The molecule has 0 unspecified atom stereocenters. The van der Waals surface area contributed by atoms with E-state index < -0.39 is 0 Å². The molecule has 33 heavy (non-hydrogen) atoms. The number of hydrogen-bond acceptors (Lipinski definition) is 2. The minimum atomic E-state index is -0.0783. The van der Waals surface area contributed by atoms with Crippen LogP contribution in [0.5, 0.6) is 5.75 Å². The number of carbonyl (C=O) groups excluding carboxylic acids is 1. The molecule has 0 saturated heterocycles. The van der Waals surface area contributed by atoms with E-state index in [4.69, 9.17) is 4.74 Å². The van der Waals surface area contributed by atoms with Crippen molar-refractivity contribution in [2.45, 2.75) is 135 Å². The molecule has 2 aliphatic carbocycles. The second-order valence-corrected chi connectivity index (χ2v) is 11.1. The second-order valence-electron chi connectivity index (χ2n) is 11.1. The van der Waals surface area contributed by atoms with Crippen LogP contribution < -0.4 is 4.74 Å². The second kappa shape index (κ2) is 14.8. The molecule has 0 atom stereocenters. The van der Waals surface area contributed by atoms with E-state index in [1.54, 1.807) is 0 Å². The van der Waals surface area contributed by atoms with E-state index in [-0.39, 0.29) is 5.97 Å². The van der Waals surface area contributed by atoms with Crippen molar-refractivity contribution in [1.82, 2.24) is 0 Å². The molecule has 186 valence electrons. The third kappa shape index (κ3) is 9.10. The first kappa shape index (κ1) is 26.3. The van der Waals surface area contributed by atoms with Crippen molar-refractivity contribution in [3.05, 3.63) is 29.8 Å². The smallest absolute Gasteiger partial charge is 0.311 e. The highest BCUT2D eigenvalue weighted by molar-refractivity contribution is 5.72. The molecule has 2 fully saturated rings. The van der Waals surface area contributed by atoms with Crippen LogP contribution in [0.25, 0.3) is 0 Å². The van der Waals surface area contributed by atoms with Crippen LogP contribution in [0.3, 0.4) is 0 Å². The summed E-state index contributed by atoms with van der Waals surface area (Å²) in [6, 6.07) is 8.44. The first-order chi connectivity index (χ1) is 16.2. The average Bonchev–Trinajstić information content (AvgIpc) is 2.85. The van der Waals surface area contributed by atoms with E-state index in [1.165, 1.54) is 102 Å². The van der Waals surface area contributed by atoms with Gasteiger partial charge in [-0.15, -0.1) is 0 Å². The number of esters is 1. The lowest BCUT2D eigenvalue weighted by Gasteiger charge is -2.38. The van der Waals surface area contributed by atoms with Crippen molar-refractivity contribution in [2.24, 2.45) is 17.8 Å². The molecule has 2 aliphatic rings. The molecule has 2 heteroatoms. The van der Waals surface area contributed by atoms with Gasteiger partial charge >= 0.3 is 5.97 Å². The summed E-state index contributed by atoms with van der Waals surface area (Å²) >= 11 is 0. The minimum absolute atomic E-state index is 0.0783. The van der Waals surface area contributed by atoms with E-state index >= 15 is 0 Å². The third-order valence-electron chi connectivity index (χ3n) is 8.59. The summed E-state index contributed by atoms with van der Waals surface area (Å²) in [5.74, 6) is 4.31. The standard InChI is InChI=1S/C31H50O2/c1-3-5-6-7-8-9-10-12-31(32)33-30-23-21-29(22-24-30)28-19-17-27(18-20-28)26-15-13-25(11-4-2)14-16-26/h21-28H,3-20H2,1-2H3. The van der Waals surface area contributed by atoms with Gasteiger partial charge in [0.1, 0.15) is 5.75 Å². The van der Waals surface area contributed by atoms with E-state index in [0.717, 1.165) is 30.6 Å². The van der Waals surface area contributed by atoms with Crippen molar-refractivity contribution in [3.8, 4) is 5.75 Å². The van der Waals surface area contributed by atoms with Gasteiger partial charge < -0.3 is 4.74 Å². The average molecular weight is 455 g/mol. The van der Waals surface area contributed by atoms with Gasteiger partial charge in [0.05, 0.1) is 0 Å². The highest BCUT2D eigenvalue weighted by Crippen LogP contribution is 2.44. The summed E-state index contributed by atoms with van der Waals surface area (Å²) < 4.78 is 5.59. The van der Waals surface area contributed by atoms with Crippen LogP contribution in [0, 0.1) is 17.8 Å². The molecule has 0 bridgehead atoms. The van der Waals surface area contributed by atoms with E-state index in [2.05, 4.69) is 26.0 Å². The van der Waals surface area contributed by atoms with Crippen LogP contribution in [0.4, 0.5) is 0 Å². The first-order valence-electron chi connectivity index (χ1n) is 14.5. The molecule has 0 aliphatic heterocycles. The monoisotopic (exact) mass is 454 g/mol. The number of benzene rings is 1. The largest absolute Gasteiger partial charge is 0.427 e. The predicted octanol–water partition coefficient (Wildman–Crippen LogP) is 9.61. The molecule has 2 saturated carbocycles. The Bertz CT molecular complexity index is 648. The maximum absolute atomic E-state index is 12.2. The molecule has 0 heterocycles. The number of rotatable bonds is 13. The number of carbonyl (C=O) groups is 1. The van der Waals surface area contributed by atoms with Crippen molar-refractivity contribution in [3.63, 3.8) is 0 Å². The molecule has 0 amide bonds. The molecule has 1 aromatic rings. The summed E-state index contributed by atoms with van der Waals surface area (Å²) in [7, 11) is 0. The Balaban J connectivity index is 1.32. The van der Waals surface area contributed by atoms with Crippen molar-refractivity contribution >= 4 is 5.97 Å².